The highest BCUT2D eigenvalue weighted by molar-refractivity contribution is 5.52. The van der Waals surface area contributed by atoms with Gasteiger partial charge in [0.25, 0.3) is 0 Å². The van der Waals surface area contributed by atoms with E-state index in [4.69, 9.17) is 0 Å². The number of hydrogen-bond acceptors (Lipinski definition) is 0. The average Bonchev–Trinajstić information content (AvgIpc) is 3.29. The third-order valence-electron chi connectivity index (χ3n) is 8.57. The van der Waals surface area contributed by atoms with Crippen LogP contribution in [-0.2, 0) is 12.8 Å². The van der Waals surface area contributed by atoms with Gasteiger partial charge in [0.15, 0.2) is 0 Å². The van der Waals surface area contributed by atoms with Crippen molar-refractivity contribution in [2.75, 3.05) is 0 Å². The first-order valence-electron chi connectivity index (χ1n) is 13.5. The van der Waals surface area contributed by atoms with Gasteiger partial charge in [-0.15, -0.1) is 0 Å². The van der Waals surface area contributed by atoms with Crippen LogP contribution < -0.4 is 0 Å². The Morgan fingerprint density at radius 3 is 2.69 bits per heavy atom. The molecule has 0 saturated heterocycles. The molecule has 0 N–H and O–H groups in total. The van der Waals surface area contributed by atoms with Crippen molar-refractivity contribution in [2.45, 2.75) is 45.4 Å². The second kappa shape index (κ2) is 9.50. The van der Waals surface area contributed by atoms with E-state index in [1.54, 1.807) is 11.1 Å². The third kappa shape index (κ3) is 4.72. The molecule has 1 aromatic carbocycles. The molecule has 0 saturated carbocycles. The molecule has 6 rings (SSSR count). The largest absolute Gasteiger partial charge is 0.0949 e. The number of rotatable bonds is 6. The normalized spacial score (nSPS) is 27.2. The van der Waals surface area contributed by atoms with E-state index in [1.165, 1.54) is 65.5 Å². The molecule has 0 heteroatoms. The quantitative estimate of drug-likeness (QED) is 0.401. The lowest BCUT2D eigenvalue weighted by molar-refractivity contribution is 0.456. The zero-order valence-corrected chi connectivity index (χ0v) is 20.9. The van der Waals surface area contributed by atoms with Crippen molar-refractivity contribution in [2.24, 2.45) is 23.7 Å². The molecular weight excluding hydrogens is 420 g/mol. The summed E-state index contributed by atoms with van der Waals surface area (Å²) in [7, 11) is 0. The molecular formula is C35H36. The lowest BCUT2D eigenvalue weighted by atomic mass is 9.79. The minimum absolute atomic E-state index is 0.373. The maximum absolute atomic E-state index is 4.34. The van der Waals surface area contributed by atoms with Crippen LogP contribution in [0.1, 0.15) is 43.7 Å². The fourth-order valence-electron chi connectivity index (χ4n) is 6.46. The zero-order chi connectivity index (χ0) is 23.8. The fraction of sp³-hybridized carbons (Fsp3) is 0.314. The lowest BCUT2D eigenvalue weighted by Gasteiger charge is -2.26. The summed E-state index contributed by atoms with van der Waals surface area (Å²) < 4.78 is 0. The van der Waals surface area contributed by atoms with E-state index in [-0.39, 0.29) is 0 Å². The predicted octanol–water partition coefficient (Wildman–Crippen LogP) is 8.74. The van der Waals surface area contributed by atoms with E-state index in [0.29, 0.717) is 17.8 Å². The summed E-state index contributed by atoms with van der Waals surface area (Å²) in [4.78, 5) is 0. The van der Waals surface area contributed by atoms with Crippen LogP contribution in [0.3, 0.4) is 0 Å². The highest BCUT2D eigenvalue weighted by atomic mass is 14.3. The third-order valence-corrected chi connectivity index (χ3v) is 8.57. The van der Waals surface area contributed by atoms with Gasteiger partial charge in [0.1, 0.15) is 0 Å². The standard InChI is InChI=1S/C35H36/c1-24(33-17-25(2)35-10-6-5-9-32(35)23-33)11-12-28-20-31-16-14-27(21-34(31)22-28)18-26-13-15-29-7-3-4-8-30(29)19-26/h3-10,14,16-17,20-24,26,34-35H,2,11-13,15,18-19H2,1H3. The highest BCUT2D eigenvalue weighted by Crippen LogP contribution is 2.39. The van der Waals surface area contributed by atoms with Crippen LogP contribution in [0.25, 0.3) is 0 Å². The Morgan fingerprint density at radius 2 is 1.77 bits per heavy atom. The molecule has 0 radical (unpaired) electrons. The van der Waals surface area contributed by atoms with E-state index in [9.17, 15) is 0 Å². The molecule has 0 nitrogen and oxygen atoms in total. The topological polar surface area (TPSA) is 0 Å². The van der Waals surface area contributed by atoms with Crippen molar-refractivity contribution in [3.05, 3.63) is 142 Å². The van der Waals surface area contributed by atoms with Crippen molar-refractivity contribution < 1.29 is 0 Å². The van der Waals surface area contributed by atoms with Gasteiger partial charge in [-0.2, -0.15) is 0 Å². The SMILES string of the molecule is C=C1C=C(C(C)CCC2=CC3C=C(CC4CCc5ccccc5C4)C=CC3=C2)C=C2C=CC=CC12. The van der Waals surface area contributed by atoms with Gasteiger partial charge in [0.2, 0.25) is 0 Å². The Hall–Kier alpha value is -3.12. The number of fused-ring (bicyclic) bond motifs is 3. The molecule has 0 aliphatic heterocycles. The lowest BCUT2D eigenvalue weighted by Crippen LogP contribution is -2.15. The summed E-state index contributed by atoms with van der Waals surface area (Å²) in [6, 6.07) is 9.03. The van der Waals surface area contributed by atoms with Gasteiger partial charge in [-0.25, -0.2) is 0 Å². The molecule has 0 fully saturated rings. The molecule has 1 aromatic rings. The fourth-order valence-corrected chi connectivity index (χ4v) is 6.46. The Bertz CT molecular complexity index is 1280. The molecule has 35 heavy (non-hydrogen) atoms. The second-order valence-corrected chi connectivity index (χ2v) is 11.1. The van der Waals surface area contributed by atoms with E-state index in [1.807, 2.05) is 0 Å². The van der Waals surface area contributed by atoms with Gasteiger partial charge in [0, 0.05) is 11.8 Å². The van der Waals surface area contributed by atoms with Gasteiger partial charge in [-0.1, -0.05) is 116 Å². The van der Waals surface area contributed by atoms with E-state index in [2.05, 4.69) is 105 Å². The maximum atomic E-state index is 4.34. The summed E-state index contributed by atoms with van der Waals surface area (Å²) in [5.74, 6) is 2.17. The maximum Gasteiger partial charge on any atom is 0.0266 e. The number of benzene rings is 1. The van der Waals surface area contributed by atoms with Gasteiger partial charge < -0.3 is 0 Å². The number of aryl methyl sites for hydroxylation is 1. The summed E-state index contributed by atoms with van der Waals surface area (Å²) in [5, 5.41) is 0. The first-order valence-corrected chi connectivity index (χ1v) is 13.5. The Balaban J connectivity index is 1.06. The molecule has 5 aliphatic rings. The molecule has 5 aliphatic carbocycles. The van der Waals surface area contributed by atoms with E-state index >= 15 is 0 Å². The Kier molecular flexibility index (Phi) is 6.06. The van der Waals surface area contributed by atoms with Gasteiger partial charge in [-0.05, 0) is 83.8 Å². The van der Waals surface area contributed by atoms with Crippen molar-refractivity contribution in [3.8, 4) is 0 Å². The second-order valence-electron chi connectivity index (χ2n) is 11.1. The average molecular weight is 457 g/mol. The van der Waals surface area contributed by atoms with Crippen molar-refractivity contribution in [1.29, 1.82) is 0 Å². The van der Waals surface area contributed by atoms with Crippen LogP contribution in [0.15, 0.2) is 131 Å². The monoisotopic (exact) mass is 456 g/mol. The summed E-state index contributed by atoms with van der Waals surface area (Å²) >= 11 is 0. The smallest absolute Gasteiger partial charge is 0.0266 e. The molecule has 176 valence electrons. The van der Waals surface area contributed by atoms with Crippen molar-refractivity contribution >= 4 is 0 Å². The van der Waals surface area contributed by atoms with E-state index < -0.39 is 0 Å². The minimum Gasteiger partial charge on any atom is -0.0949 e. The van der Waals surface area contributed by atoms with Crippen LogP contribution >= 0.6 is 0 Å². The molecule has 0 aromatic heterocycles. The molecule has 0 spiro atoms. The predicted molar refractivity (Wildman–Crippen MR) is 149 cm³/mol. The Labute approximate surface area is 211 Å². The molecule has 4 atom stereocenters. The van der Waals surface area contributed by atoms with Crippen molar-refractivity contribution in [3.63, 3.8) is 0 Å². The first kappa shape index (κ1) is 22.4. The van der Waals surface area contributed by atoms with E-state index in [0.717, 1.165) is 12.3 Å². The van der Waals surface area contributed by atoms with Gasteiger partial charge in [-0.3, -0.25) is 0 Å². The highest BCUT2D eigenvalue weighted by Gasteiger charge is 2.24. The molecule has 0 amide bonds. The van der Waals surface area contributed by atoms with Crippen LogP contribution in [0.5, 0.6) is 0 Å². The molecule has 0 heterocycles. The van der Waals surface area contributed by atoms with Crippen LogP contribution in [-0.4, -0.2) is 0 Å². The summed E-state index contributed by atoms with van der Waals surface area (Å²) in [6.07, 6.45) is 33.1. The molecule has 0 bridgehead atoms. The summed E-state index contributed by atoms with van der Waals surface area (Å²) in [6.45, 7) is 6.71. The van der Waals surface area contributed by atoms with Crippen LogP contribution in [0.4, 0.5) is 0 Å². The number of hydrogen-bond donors (Lipinski definition) is 0. The van der Waals surface area contributed by atoms with Gasteiger partial charge in [0.05, 0.1) is 0 Å². The van der Waals surface area contributed by atoms with Crippen LogP contribution in [0.2, 0.25) is 0 Å². The molecule has 4 unspecified atom stereocenters. The minimum atomic E-state index is 0.373. The van der Waals surface area contributed by atoms with Crippen molar-refractivity contribution in [1.82, 2.24) is 0 Å². The van der Waals surface area contributed by atoms with Gasteiger partial charge >= 0.3 is 0 Å². The first-order chi connectivity index (χ1) is 17.1. The Morgan fingerprint density at radius 1 is 0.914 bits per heavy atom. The zero-order valence-electron chi connectivity index (χ0n) is 20.9. The number of allylic oxidation sites excluding steroid dienone is 17. The summed E-state index contributed by atoms with van der Waals surface area (Å²) in [5.41, 5.74) is 11.7. The van der Waals surface area contributed by atoms with Crippen LogP contribution in [0, 0.1) is 23.7 Å².